The van der Waals surface area contributed by atoms with Crippen LogP contribution in [0.4, 0.5) is 14.9 Å². The molecule has 4 nitrogen and oxygen atoms in total. The first-order chi connectivity index (χ1) is 10.6. The summed E-state index contributed by atoms with van der Waals surface area (Å²) in [4.78, 5) is 12.0. The molecule has 0 unspecified atom stereocenters. The van der Waals surface area contributed by atoms with Crippen molar-refractivity contribution in [2.75, 3.05) is 11.9 Å². The van der Waals surface area contributed by atoms with Crippen molar-refractivity contribution < 1.29 is 14.3 Å². The number of aliphatic hydroxyl groups is 1. The Balaban J connectivity index is 2.05. The molecule has 0 saturated heterocycles. The number of hydrogen-bond donors (Lipinski definition) is 3. The lowest BCUT2D eigenvalue weighted by Gasteiger charge is -2.19. The molecule has 0 heterocycles. The molecule has 0 fully saturated rings. The van der Waals surface area contributed by atoms with Crippen molar-refractivity contribution >= 4 is 11.7 Å². The van der Waals surface area contributed by atoms with E-state index in [2.05, 4.69) is 10.6 Å². The minimum atomic E-state index is -0.509. The van der Waals surface area contributed by atoms with Gasteiger partial charge < -0.3 is 15.7 Å². The van der Waals surface area contributed by atoms with Crippen LogP contribution in [0, 0.1) is 12.7 Å². The number of hydrogen-bond acceptors (Lipinski definition) is 2. The Kier molecular flexibility index (Phi) is 5.49. The van der Waals surface area contributed by atoms with E-state index in [1.54, 1.807) is 13.0 Å². The van der Waals surface area contributed by atoms with Crippen molar-refractivity contribution in [1.29, 1.82) is 0 Å². The van der Waals surface area contributed by atoms with Crippen LogP contribution in [-0.4, -0.2) is 17.7 Å². The summed E-state index contributed by atoms with van der Waals surface area (Å²) in [6.07, 6.45) is 0.383. The number of benzene rings is 2. The fourth-order valence-corrected chi connectivity index (χ4v) is 2.17. The number of anilines is 1. The van der Waals surface area contributed by atoms with Gasteiger partial charge in [-0.1, -0.05) is 36.4 Å². The third-order valence-corrected chi connectivity index (χ3v) is 3.30. The molecule has 0 bridgehead atoms. The molecule has 2 aromatic rings. The van der Waals surface area contributed by atoms with Gasteiger partial charge in [-0.25, -0.2) is 9.18 Å². The van der Waals surface area contributed by atoms with Crippen LogP contribution in [-0.2, 0) is 0 Å². The van der Waals surface area contributed by atoms with Crippen molar-refractivity contribution in [1.82, 2.24) is 5.32 Å². The summed E-state index contributed by atoms with van der Waals surface area (Å²) in [5.41, 5.74) is 1.79. The molecule has 0 saturated carbocycles. The number of urea groups is 1. The Morgan fingerprint density at radius 1 is 1.23 bits per heavy atom. The van der Waals surface area contributed by atoms with Crippen molar-refractivity contribution in [2.24, 2.45) is 0 Å². The molecular formula is C17H19FN2O2. The van der Waals surface area contributed by atoms with Crippen molar-refractivity contribution in [3.8, 4) is 0 Å². The highest BCUT2D eigenvalue weighted by Crippen LogP contribution is 2.18. The van der Waals surface area contributed by atoms with Crippen LogP contribution >= 0.6 is 0 Å². The Labute approximate surface area is 129 Å². The second-order valence-corrected chi connectivity index (χ2v) is 5.06. The van der Waals surface area contributed by atoms with Crippen molar-refractivity contribution in [2.45, 2.75) is 19.4 Å². The molecule has 0 aliphatic heterocycles. The van der Waals surface area contributed by atoms with E-state index in [0.717, 1.165) is 11.1 Å². The van der Waals surface area contributed by atoms with E-state index >= 15 is 0 Å². The zero-order chi connectivity index (χ0) is 15.9. The summed E-state index contributed by atoms with van der Waals surface area (Å²) in [5, 5.41) is 14.4. The summed E-state index contributed by atoms with van der Waals surface area (Å²) in [6, 6.07) is 13.1. The second kappa shape index (κ2) is 7.56. The molecule has 0 aliphatic rings. The lowest BCUT2D eigenvalue weighted by atomic mass is 10.0. The van der Waals surface area contributed by atoms with Crippen LogP contribution in [0.5, 0.6) is 0 Å². The summed E-state index contributed by atoms with van der Waals surface area (Å²) in [7, 11) is 0. The van der Waals surface area contributed by atoms with E-state index in [4.69, 9.17) is 5.11 Å². The first-order valence-electron chi connectivity index (χ1n) is 7.09. The van der Waals surface area contributed by atoms with Crippen LogP contribution < -0.4 is 10.6 Å². The fraction of sp³-hybridized carbons (Fsp3) is 0.235. The molecule has 0 aliphatic carbocycles. The number of halogens is 1. The van der Waals surface area contributed by atoms with Gasteiger partial charge in [-0.05, 0) is 36.6 Å². The molecule has 2 amide bonds. The van der Waals surface area contributed by atoms with Gasteiger partial charge in [-0.2, -0.15) is 0 Å². The molecule has 5 heteroatoms. The Morgan fingerprint density at radius 3 is 2.59 bits per heavy atom. The van der Waals surface area contributed by atoms with Crippen LogP contribution in [0.2, 0.25) is 0 Å². The van der Waals surface area contributed by atoms with Gasteiger partial charge in [-0.15, -0.1) is 0 Å². The fourth-order valence-electron chi connectivity index (χ4n) is 2.17. The van der Waals surface area contributed by atoms with Gasteiger partial charge in [0.25, 0.3) is 0 Å². The van der Waals surface area contributed by atoms with Gasteiger partial charge >= 0.3 is 6.03 Å². The van der Waals surface area contributed by atoms with E-state index in [-0.39, 0.29) is 18.3 Å². The van der Waals surface area contributed by atoms with Crippen LogP contribution in [0.1, 0.15) is 23.6 Å². The van der Waals surface area contributed by atoms with Gasteiger partial charge in [-0.3, -0.25) is 0 Å². The number of aliphatic hydroxyl groups excluding tert-OH is 1. The third kappa shape index (κ3) is 4.30. The van der Waals surface area contributed by atoms with Gasteiger partial charge in [0.2, 0.25) is 0 Å². The Hall–Kier alpha value is -2.40. The smallest absolute Gasteiger partial charge is 0.319 e. The summed E-state index contributed by atoms with van der Waals surface area (Å²) < 4.78 is 13.7. The normalized spacial score (nSPS) is 11.8. The second-order valence-electron chi connectivity index (χ2n) is 5.06. The van der Waals surface area contributed by atoms with E-state index in [0.29, 0.717) is 6.42 Å². The lowest BCUT2D eigenvalue weighted by molar-refractivity contribution is 0.239. The van der Waals surface area contributed by atoms with Crippen molar-refractivity contribution in [3.63, 3.8) is 0 Å². The zero-order valence-corrected chi connectivity index (χ0v) is 12.3. The molecule has 22 heavy (non-hydrogen) atoms. The minimum Gasteiger partial charge on any atom is -0.396 e. The van der Waals surface area contributed by atoms with Gasteiger partial charge in [0.05, 0.1) is 11.7 Å². The summed E-state index contributed by atoms with van der Waals surface area (Å²) in [6.45, 7) is 1.72. The highest BCUT2D eigenvalue weighted by molar-refractivity contribution is 5.89. The number of rotatable bonds is 5. The van der Waals surface area contributed by atoms with E-state index in [9.17, 15) is 9.18 Å². The van der Waals surface area contributed by atoms with Gasteiger partial charge in [0, 0.05) is 6.61 Å². The van der Waals surface area contributed by atoms with E-state index in [1.165, 1.54) is 12.1 Å². The first kappa shape index (κ1) is 16.0. The molecule has 0 radical (unpaired) electrons. The van der Waals surface area contributed by atoms with Gasteiger partial charge in [0.1, 0.15) is 5.82 Å². The Bertz CT molecular complexity index is 632. The molecule has 2 aromatic carbocycles. The van der Waals surface area contributed by atoms with Crippen molar-refractivity contribution in [3.05, 3.63) is 65.5 Å². The number of aryl methyl sites for hydroxylation is 1. The SMILES string of the molecule is Cc1ccc(NC(=O)N[C@H](CCO)c2ccccc2)c(F)c1. The minimum absolute atomic E-state index is 0.0568. The van der Waals surface area contributed by atoms with Crippen LogP contribution in [0.15, 0.2) is 48.5 Å². The maximum atomic E-state index is 13.7. The third-order valence-electron chi connectivity index (χ3n) is 3.30. The predicted molar refractivity (Wildman–Crippen MR) is 84.2 cm³/mol. The molecule has 0 aromatic heterocycles. The molecule has 116 valence electrons. The predicted octanol–water partition coefficient (Wildman–Crippen LogP) is 3.38. The highest BCUT2D eigenvalue weighted by atomic mass is 19.1. The monoisotopic (exact) mass is 302 g/mol. The lowest BCUT2D eigenvalue weighted by Crippen LogP contribution is -2.33. The topological polar surface area (TPSA) is 61.4 Å². The molecular weight excluding hydrogens is 283 g/mol. The number of carbonyl (C=O) groups is 1. The highest BCUT2D eigenvalue weighted by Gasteiger charge is 2.15. The molecule has 1 atom stereocenters. The number of nitrogens with one attached hydrogen (secondary N) is 2. The standard InChI is InChI=1S/C17H19FN2O2/c1-12-7-8-16(14(18)11-12)20-17(22)19-15(9-10-21)13-5-3-2-4-6-13/h2-8,11,15,21H,9-10H2,1H3,(H2,19,20,22)/t15-/m1/s1. The van der Waals surface area contributed by atoms with Gasteiger partial charge in [0.15, 0.2) is 0 Å². The number of carbonyl (C=O) groups excluding carboxylic acids is 1. The molecule has 0 spiro atoms. The molecule has 2 rings (SSSR count). The van der Waals surface area contributed by atoms with E-state index < -0.39 is 11.8 Å². The molecule has 3 N–H and O–H groups in total. The first-order valence-corrected chi connectivity index (χ1v) is 7.09. The largest absolute Gasteiger partial charge is 0.396 e. The van der Waals surface area contributed by atoms with Crippen LogP contribution in [0.25, 0.3) is 0 Å². The average Bonchev–Trinajstić information content (AvgIpc) is 2.50. The zero-order valence-electron chi connectivity index (χ0n) is 12.3. The Morgan fingerprint density at radius 2 is 1.95 bits per heavy atom. The summed E-state index contributed by atoms with van der Waals surface area (Å²) >= 11 is 0. The summed E-state index contributed by atoms with van der Waals surface area (Å²) in [5.74, 6) is -0.478. The maximum Gasteiger partial charge on any atom is 0.319 e. The van der Waals surface area contributed by atoms with E-state index in [1.807, 2.05) is 30.3 Å². The average molecular weight is 302 g/mol. The maximum absolute atomic E-state index is 13.7. The number of amides is 2. The van der Waals surface area contributed by atoms with Crippen LogP contribution in [0.3, 0.4) is 0 Å². The quantitative estimate of drug-likeness (QED) is 0.793.